The molecular formula is C21H31N7S. The third kappa shape index (κ3) is 4.38. The van der Waals surface area contributed by atoms with Crippen LogP contribution in [0.5, 0.6) is 0 Å². The number of rotatable bonds is 4. The van der Waals surface area contributed by atoms with Gasteiger partial charge in [0, 0.05) is 50.5 Å². The van der Waals surface area contributed by atoms with Crippen LogP contribution in [0.2, 0.25) is 0 Å². The van der Waals surface area contributed by atoms with E-state index in [9.17, 15) is 0 Å². The molecule has 3 aliphatic heterocycles. The average molecular weight is 414 g/mol. The van der Waals surface area contributed by atoms with Crippen molar-refractivity contribution in [1.82, 2.24) is 25.1 Å². The van der Waals surface area contributed by atoms with Gasteiger partial charge < -0.3 is 14.7 Å². The van der Waals surface area contributed by atoms with Crippen LogP contribution in [0.15, 0.2) is 18.6 Å². The SMILES string of the molecule is c1cnc(N2CCC[C@@H](c3nnc(N4CCC(N5CCCCC5)CC4)s3)C2)cn1. The van der Waals surface area contributed by atoms with E-state index in [1.807, 2.05) is 17.5 Å². The van der Waals surface area contributed by atoms with Crippen LogP contribution in [0.3, 0.4) is 0 Å². The van der Waals surface area contributed by atoms with E-state index < -0.39 is 0 Å². The van der Waals surface area contributed by atoms with Gasteiger partial charge in [-0.1, -0.05) is 17.8 Å². The molecular weight excluding hydrogens is 382 g/mol. The van der Waals surface area contributed by atoms with Crippen LogP contribution >= 0.6 is 11.3 Å². The molecule has 0 unspecified atom stereocenters. The predicted molar refractivity (Wildman–Crippen MR) is 117 cm³/mol. The van der Waals surface area contributed by atoms with Gasteiger partial charge in [-0.2, -0.15) is 0 Å². The monoisotopic (exact) mass is 413 g/mol. The minimum atomic E-state index is 0.447. The number of piperidine rings is 3. The van der Waals surface area contributed by atoms with Crippen molar-refractivity contribution in [3.8, 4) is 0 Å². The van der Waals surface area contributed by atoms with Crippen molar-refractivity contribution in [2.75, 3.05) is 49.1 Å². The van der Waals surface area contributed by atoms with Crippen LogP contribution in [0.1, 0.15) is 55.9 Å². The van der Waals surface area contributed by atoms with Crippen molar-refractivity contribution in [1.29, 1.82) is 0 Å². The first-order valence-electron chi connectivity index (χ1n) is 11.2. The Labute approximate surface area is 177 Å². The fraction of sp³-hybridized carbons (Fsp3) is 0.714. The molecule has 1 atom stereocenters. The molecule has 29 heavy (non-hydrogen) atoms. The van der Waals surface area contributed by atoms with Crippen LogP contribution in [0, 0.1) is 0 Å². The summed E-state index contributed by atoms with van der Waals surface area (Å²) in [7, 11) is 0. The third-order valence-corrected chi connectivity index (χ3v) is 7.86. The van der Waals surface area contributed by atoms with Crippen molar-refractivity contribution < 1.29 is 0 Å². The van der Waals surface area contributed by atoms with E-state index in [0.717, 1.165) is 49.6 Å². The zero-order valence-corrected chi connectivity index (χ0v) is 17.9. The second-order valence-corrected chi connectivity index (χ2v) is 9.57. The highest BCUT2D eigenvalue weighted by atomic mass is 32.1. The molecule has 0 radical (unpaired) electrons. The first-order chi connectivity index (χ1) is 14.4. The largest absolute Gasteiger partial charge is 0.355 e. The van der Waals surface area contributed by atoms with E-state index in [4.69, 9.17) is 0 Å². The lowest BCUT2D eigenvalue weighted by atomic mass is 9.99. The maximum Gasteiger partial charge on any atom is 0.208 e. The van der Waals surface area contributed by atoms with E-state index in [0.29, 0.717) is 5.92 Å². The summed E-state index contributed by atoms with van der Waals surface area (Å²) in [6.07, 6.45) is 14.4. The lowest BCUT2D eigenvalue weighted by Crippen LogP contribution is -2.46. The van der Waals surface area contributed by atoms with Crippen molar-refractivity contribution in [3.05, 3.63) is 23.6 Å². The highest BCUT2D eigenvalue weighted by Crippen LogP contribution is 2.34. The van der Waals surface area contributed by atoms with Crippen LogP contribution in [0.25, 0.3) is 0 Å². The number of likely N-dealkylation sites (tertiary alicyclic amines) is 1. The molecule has 0 spiro atoms. The fourth-order valence-electron chi connectivity index (χ4n) is 5.07. The molecule has 0 bridgehead atoms. The fourth-order valence-corrected chi connectivity index (χ4v) is 6.09. The van der Waals surface area contributed by atoms with Crippen molar-refractivity contribution in [3.63, 3.8) is 0 Å². The van der Waals surface area contributed by atoms with E-state index >= 15 is 0 Å². The molecule has 0 aromatic carbocycles. The molecule has 0 N–H and O–H groups in total. The first-order valence-corrected chi connectivity index (χ1v) is 12.0. The number of hydrogen-bond acceptors (Lipinski definition) is 8. The molecule has 3 aliphatic rings. The Morgan fingerprint density at radius 3 is 2.48 bits per heavy atom. The summed E-state index contributed by atoms with van der Waals surface area (Å²) in [5, 5.41) is 11.5. The Morgan fingerprint density at radius 1 is 0.828 bits per heavy atom. The average Bonchev–Trinajstić information content (AvgIpc) is 3.31. The molecule has 3 fully saturated rings. The second-order valence-electron chi connectivity index (χ2n) is 8.59. The van der Waals surface area contributed by atoms with Crippen LogP contribution in [0.4, 0.5) is 10.9 Å². The molecule has 8 heteroatoms. The minimum absolute atomic E-state index is 0.447. The summed E-state index contributed by atoms with van der Waals surface area (Å²) >= 11 is 1.81. The Kier molecular flexibility index (Phi) is 5.90. The summed E-state index contributed by atoms with van der Waals surface area (Å²) in [5.74, 6) is 1.42. The van der Waals surface area contributed by atoms with Gasteiger partial charge in [0.2, 0.25) is 5.13 Å². The molecule has 3 saturated heterocycles. The van der Waals surface area contributed by atoms with Gasteiger partial charge in [-0.15, -0.1) is 10.2 Å². The zero-order valence-electron chi connectivity index (χ0n) is 17.1. The van der Waals surface area contributed by atoms with Gasteiger partial charge in [0.1, 0.15) is 10.8 Å². The minimum Gasteiger partial charge on any atom is -0.355 e. The standard InChI is InChI=1S/C21H31N7S/c1-2-10-26(11-3-1)18-6-13-27(14-7-18)21-25-24-20(29-21)17-5-4-12-28(16-17)19-15-22-8-9-23-19/h8-9,15,17-18H,1-7,10-14,16H2/t17-/m1/s1. The maximum atomic E-state index is 4.61. The van der Waals surface area contributed by atoms with Crippen molar-refractivity contribution in [2.24, 2.45) is 0 Å². The third-order valence-electron chi connectivity index (χ3n) is 6.72. The Hall–Kier alpha value is -1.80. The highest BCUT2D eigenvalue weighted by molar-refractivity contribution is 7.15. The quantitative estimate of drug-likeness (QED) is 0.763. The molecule has 2 aromatic heterocycles. The summed E-state index contributed by atoms with van der Waals surface area (Å²) < 4.78 is 0. The van der Waals surface area contributed by atoms with Crippen molar-refractivity contribution in [2.45, 2.75) is 56.9 Å². The van der Waals surface area contributed by atoms with Gasteiger partial charge in [0.25, 0.3) is 0 Å². The van der Waals surface area contributed by atoms with Gasteiger partial charge in [-0.3, -0.25) is 4.98 Å². The lowest BCUT2D eigenvalue weighted by molar-refractivity contribution is 0.141. The smallest absolute Gasteiger partial charge is 0.208 e. The normalized spacial score (nSPS) is 24.8. The Bertz CT molecular complexity index is 768. The summed E-state index contributed by atoms with van der Waals surface area (Å²) in [6.45, 7) is 6.85. The van der Waals surface area contributed by atoms with Gasteiger partial charge in [-0.25, -0.2) is 4.98 Å². The molecule has 0 amide bonds. The maximum absolute atomic E-state index is 4.61. The molecule has 7 nitrogen and oxygen atoms in total. The summed E-state index contributed by atoms with van der Waals surface area (Å²) in [4.78, 5) is 16.2. The van der Waals surface area contributed by atoms with E-state index in [1.54, 1.807) is 12.4 Å². The van der Waals surface area contributed by atoms with Gasteiger partial charge in [0.15, 0.2) is 0 Å². The van der Waals surface area contributed by atoms with Crippen LogP contribution in [-0.4, -0.2) is 70.4 Å². The number of anilines is 2. The van der Waals surface area contributed by atoms with Gasteiger partial charge >= 0.3 is 0 Å². The highest BCUT2D eigenvalue weighted by Gasteiger charge is 2.29. The van der Waals surface area contributed by atoms with Crippen molar-refractivity contribution >= 4 is 22.3 Å². The zero-order chi connectivity index (χ0) is 19.5. The Balaban J connectivity index is 1.19. The summed E-state index contributed by atoms with van der Waals surface area (Å²) in [5.41, 5.74) is 0. The number of hydrogen-bond donors (Lipinski definition) is 0. The van der Waals surface area contributed by atoms with E-state index in [1.165, 1.54) is 56.6 Å². The van der Waals surface area contributed by atoms with E-state index in [-0.39, 0.29) is 0 Å². The van der Waals surface area contributed by atoms with Crippen LogP contribution < -0.4 is 9.80 Å². The molecule has 5 rings (SSSR count). The molecule has 156 valence electrons. The van der Waals surface area contributed by atoms with Gasteiger partial charge in [-0.05, 0) is 51.6 Å². The predicted octanol–water partition coefficient (Wildman–Crippen LogP) is 3.17. The topological polar surface area (TPSA) is 61.3 Å². The van der Waals surface area contributed by atoms with Crippen LogP contribution in [-0.2, 0) is 0 Å². The van der Waals surface area contributed by atoms with E-state index in [2.05, 4.69) is 34.9 Å². The molecule has 0 aliphatic carbocycles. The first kappa shape index (κ1) is 19.2. The molecule has 2 aromatic rings. The summed E-state index contributed by atoms with van der Waals surface area (Å²) in [6, 6.07) is 0.776. The van der Waals surface area contributed by atoms with Gasteiger partial charge in [0.05, 0.1) is 6.20 Å². The Morgan fingerprint density at radius 2 is 1.69 bits per heavy atom. The second kappa shape index (κ2) is 8.92. The molecule has 5 heterocycles. The number of aromatic nitrogens is 4. The lowest BCUT2D eigenvalue weighted by Gasteiger charge is -2.40. The number of nitrogens with zero attached hydrogens (tertiary/aromatic N) is 7. The molecule has 0 saturated carbocycles.